The lowest BCUT2D eigenvalue weighted by Crippen LogP contribution is -2.38. The molecule has 2 aromatic rings. The molecule has 0 fully saturated rings. The van der Waals surface area contributed by atoms with Crippen molar-refractivity contribution >= 4 is 53.1 Å². The maximum atomic E-state index is 6.19. The second-order valence-corrected chi connectivity index (χ2v) is 6.25. The molecule has 25 heavy (non-hydrogen) atoms. The van der Waals surface area contributed by atoms with Crippen molar-refractivity contribution in [2.75, 3.05) is 13.1 Å². The summed E-state index contributed by atoms with van der Waals surface area (Å²) in [5.41, 5.74) is 3.44. The van der Waals surface area contributed by atoms with Gasteiger partial charge in [-0.3, -0.25) is 4.98 Å². The van der Waals surface area contributed by atoms with Gasteiger partial charge in [-0.1, -0.05) is 29.3 Å². The Morgan fingerprint density at radius 3 is 2.64 bits per heavy atom. The van der Waals surface area contributed by atoms with Crippen molar-refractivity contribution in [2.24, 2.45) is 4.99 Å². The number of nitrogens with zero attached hydrogens (tertiary/aromatic N) is 2. The SMILES string of the molecule is CCNC(=NCc1ccc(Cl)cc1Cl)NCCc1ccncc1C.I. The van der Waals surface area contributed by atoms with Gasteiger partial charge in [0.2, 0.25) is 0 Å². The summed E-state index contributed by atoms with van der Waals surface area (Å²) in [4.78, 5) is 8.70. The molecule has 0 unspecified atom stereocenters. The van der Waals surface area contributed by atoms with Crippen LogP contribution < -0.4 is 10.6 Å². The minimum absolute atomic E-state index is 0. The van der Waals surface area contributed by atoms with Gasteiger partial charge < -0.3 is 10.6 Å². The Hall–Kier alpha value is -1.05. The molecule has 0 aliphatic rings. The van der Waals surface area contributed by atoms with E-state index in [1.165, 1.54) is 11.1 Å². The number of nitrogens with one attached hydrogen (secondary N) is 2. The molecule has 0 saturated heterocycles. The summed E-state index contributed by atoms with van der Waals surface area (Å²) >= 11 is 12.1. The summed E-state index contributed by atoms with van der Waals surface area (Å²) in [5.74, 6) is 0.773. The van der Waals surface area contributed by atoms with Crippen molar-refractivity contribution in [3.63, 3.8) is 0 Å². The van der Waals surface area contributed by atoms with E-state index in [1.807, 2.05) is 31.5 Å². The third-order valence-corrected chi connectivity index (χ3v) is 4.18. The number of halogens is 3. The van der Waals surface area contributed by atoms with Gasteiger partial charge in [0.1, 0.15) is 0 Å². The molecule has 136 valence electrons. The lowest BCUT2D eigenvalue weighted by Gasteiger charge is -2.12. The fraction of sp³-hybridized carbons (Fsp3) is 0.333. The third-order valence-electron chi connectivity index (χ3n) is 3.59. The van der Waals surface area contributed by atoms with Crippen molar-refractivity contribution in [1.82, 2.24) is 15.6 Å². The molecule has 1 aromatic heterocycles. The highest BCUT2D eigenvalue weighted by Gasteiger charge is 2.03. The minimum atomic E-state index is 0. The standard InChI is InChI=1S/C18H22Cl2N4.HI/c1-3-22-18(23-9-7-14-6-8-21-11-13(14)2)24-12-15-4-5-16(19)10-17(15)20;/h4-6,8,10-11H,3,7,9,12H2,1-2H3,(H2,22,23,24);1H. The number of rotatable bonds is 6. The molecule has 1 aromatic carbocycles. The zero-order valence-corrected chi connectivity index (χ0v) is 18.2. The van der Waals surface area contributed by atoms with E-state index in [1.54, 1.807) is 6.07 Å². The molecule has 2 rings (SSSR count). The Labute approximate surface area is 176 Å². The number of aryl methyl sites for hydroxylation is 1. The minimum Gasteiger partial charge on any atom is -0.357 e. The summed E-state index contributed by atoms with van der Waals surface area (Å²) in [5, 5.41) is 7.85. The Balaban J connectivity index is 0.00000312. The Morgan fingerprint density at radius 2 is 1.96 bits per heavy atom. The summed E-state index contributed by atoms with van der Waals surface area (Å²) in [6.07, 6.45) is 4.63. The maximum Gasteiger partial charge on any atom is 0.191 e. The van der Waals surface area contributed by atoms with Gasteiger partial charge in [0.25, 0.3) is 0 Å². The number of guanidine groups is 1. The van der Waals surface area contributed by atoms with Gasteiger partial charge >= 0.3 is 0 Å². The monoisotopic (exact) mass is 492 g/mol. The van der Waals surface area contributed by atoms with E-state index in [9.17, 15) is 0 Å². The van der Waals surface area contributed by atoms with E-state index in [0.29, 0.717) is 16.6 Å². The van der Waals surface area contributed by atoms with Crippen LogP contribution in [0.5, 0.6) is 0 Å². The van der Waals surface area contributed by atoms with Crippen molar-refractivity contribution < 1.29 is 0 Å². The van der Waals surface area contributed by atoms with Crippen molar-refractivity contribution in [1.29, 1.82) is 0 Å². The van der Waals surface area contributed by atoms with E-state index >= 15 is 0 Å². The van der Waals surface area contributed by atoms with Crippen molar-refractivity contribution in [3.8, 4) is 0 Å². The first-order valence-corrected chi connectivity index (χ1v) is 8.71. The number of hydrogen-bond donors (Lipinski definition) is 2. The van der Waals surface area contributed by atoms with E-state index in [2.05, 4.69) is 33.6 Å². The summed E-state index contributed by atoms with van der Waals surface area (Å²) in [7, 11) is 0. The van der Waals surface area contributed by atoms with Gasteiger partial charge in [-0.2, -0.15) is 0 Å². The van der Waals surface area contributed by atoms with Gasteiger partial charge in [0.05, 0.1) is 6.54 Å². The third kappa shape index (κ3) is 7.38. The number of pyridine rings is 1. The molecule has 0 aliphatic heterocycles. The molecule has 0 aliphatic carbocycles. The Kier molecular flexibility index (Phi) is 10.2. The zero-order chi connectivity index (χ0) is 17.4. The summed E-state index contributed by atoms with van der Waals surface area (Å²) in [6.45, 7) is 6.21. The summed E-state index contributed by atoms with van der Waals surface area (Å²) in [6, 6.07) is 7.51. The molecule has 7 heteroatoms. The van der Waals surface area contributed by atoms with Crippen LogP contribution in [0.4, 0.5) is 0 Å². The number of benzene rings is 1. The highest BCUT2D eigenvalue weighted by molar-refractivity contribution is 14.0. The van der Waals surface area contributed by atoms with Crippen LogP contribution >= 0.6 is 47.2 Å². The van der Waals surface area contributed by atoms with Gasteiger partial charge in [0.15, 0.2) is 5.96 Å². The molecule has 4 nitrogen and oxygen atoms in total. The molecular formula is C18H23Cl2IN4. The van der Waals surface area contributed by atoms with Gasteiger partial charge in [-0.25, -0.2) is 4.99 Å². The first-order valence-electron chi connectivity index (χ1n) is 7.95. The van der Waals surface area contributed by atoms with Crippen molar-refractivity contribution in [3.05, 3.63) is 63.4 Å². The van der Waals surface area contributed by atoms with Crippen molar-refractivity contribution in [2.45, 2.75) is 26.8 Å². The molecular weight excluding hydrogens is 470 g/mol. The van der Waals surface area contributed by atoms with Gasteiger partial charge in [-0.15, -0.1) is 24.0 Å². The predicted octanol–water partition coefficient (Wildman–Crippen LogP) is 4.61. The predicted molar refractivity (Wildman–Crippen MR) is 117 cm³/mol. The van der Waals surface area contributed by atoms with Crippen LogP contribution in [0.3, 0.4) is 0 Å². The molecule has 0 radical (unpaired) electrons. The van der Waals surface area contributed by atoms with Crippen LogP contribution in [0.25, 0.3) is 0 Å². The van der Waals surface area contributed by atoms with E-state index < -0.39 is 0 Å². The lowest BCUT2D eigenvalue weighted by molar-refractivity contribution is 0.796. The van der Waals surface area contributed by atoms with Crippen LogP contribution in [0, 0.1) is 6.92 Å². The van der Waals surface area contributed by atoms with E-state index in [-0.39, 0.29) is 24.0 Å². The van der Waals surface area contributed by atoms with Gasteiger partial charge in [0, 0.05) is 35.5 Å². The fourth-order valence-corrected chi connectivity index (χ4v) is 2.72. The van der Waals surface area contributed by atoms with Crippen LogP contribution in [0.2, 0.25) is 10.0 Å². The quantitative estimate of drug-likeness (QED) is 0.351. The van der Waals surface area contributed by atoms with E-state index in [0.717, 1.165) is 31.0 Å². The Morgan fingerprint density at radius 1 is 1.16 bits per heavy atom. The number of aromatic nitrogens is 1. The highest BCUT2D eigenvalue weighted by atomic mass is 127. The van der Waals surface area contributed by atoms with Crippen LogP contribution in [-0.4, -0.2) is 24.0 Å². The van der Waals surface area contributed by atoms with Crippen LogP contribution in [-0.2, 0) is 13.0 Å². The lowest BCUT2D eigenvalue weighted by atomic mass is 10.1. The van der Waals surface area contributed by atoms with E-state index in [4.69, 9.17) is 23.2 Å². The maximum absolute atomic E-state index is 6.19. The fourth-order valence-electron chi connectivity index (χ4n) is 2.25. The van der Waals surface area contributed by atoms with Gasteiger partial charge in [-0.05, 0) is 55.2 Å². The molecule has 0 bridgehead atoms. The summed E-state index contributed by atoms with van der Waals surface area (Å²) < 4.78 is 0. The second-order valence-electron chi connectivity index (χ2n) is 5.41. The van der Waals surface area contributed by atoms with Crippen LogP contribution in [0.15, 0.2) is 41.7 Å². The highest BCUT2D eigenvalue weighted by Crippen LogP contribution is 2.21. The second kappa shape index (κ2) is 11.5. The normalized spacial score (nSPS) is 11.0. The largest absolute Gasteiger partial charge is 0.357 e. The number of hydrogen-bond acceptors (Lipinski definition) is 2. The van der Waals surface area contributed by atoms with Crippen LogP contribution in [0.1, 0.15) is 23.6 Å². The average molecular weight is 493 g/mol. The molecule has 0 saturated carbocycles. The molecule has 1 heterocycles. The topological polar surface area (TPSA) is 49.3 Å². The smallest absolute Gasteiger partial charge is 0.191 e. The zero-order valence-electron chi connectivity index (χ0n) is 14.4. The average Bonchev–Trinajstić information content (AvgIpc) is 2.55. The molecule has 0 spiro atoms. The number of aliphatic imine (C=N–C) groups is 1. The Bertz CT molecular complexity index is 707. The first kappa shape index (κ1) is 22.0. The first-order chi connectivity index (χ1) is 11.6. The molecule has 0 atom stereocenters. The molecule has 0 amide bonds. The molecule has 2 N–H and O–H groups in total.